The lowest BCUT2D eigenvalue weighted by molar-refractivity contribution is 0.0956. The van der Waals surface area contributed by atoms with Crippen LogP contribution in [0, 0.1) is 0 Å². The van der Waals surface area contributed by atoms with E-state index in [4.69, 9.17) is 15.2 Å². The molecule has 0 unspecified atom stereocenters. The number of anilines is 1. The molecule has 0 aromatic heterocycles. The Morgan fingerprint density at radius 1 is 1.21 bits per heavy atom. The number of nitrogens with one attached hydrogen (secondary N) is 1. The van der Waals surface area contributed by atoms with Crippen LogP contribution in [0.4, 0.5) is 5.69 Å². The maximum atomic E-state index is 12.0. The third kappa shape index (κ3) is 4.49. The number of ether oxygens (including phenoxy) is 2. The third-order valence-electron chi connectivity index (χ3n) is 3.14. The highest BCUT2D eigenvalue weighted by molar-refractivity contribution is 5.99. The highest BCUT2D eigenvalue weighted by Crippen LogP contribution is 2.28. The van der Waals surface area contributed by atoms with E-state index in [9.17, 15) is 4.79 Å². The number of para-hydroxylation sites is 1. The zero-order valence-electron chi connectivity index (χ0n) is 13.9. The van der Waals surface area contributed by atoms with Gasteiger partial charge in [-0.15, -0.1) is 0 Å². The zero-order valence-corrected chi connectivity index (χ0v) is 13.9. The highest BCUT2D eigenvalue weighted by atomic mass is 16.5. The number of hydrazone groups is 1. The van der Waals surface area contributed by atoms with Gasteiger partial charge in [0.05, 0.1) is 25.0 Å². The molecule has 0 aliphatic carbocycles. The molecular formula is C18H21N3O3. The first-order valence-electron chi connectivity index (χ1n) is 7.54. The molecule has 2 aromatic rings. The molecular weight excluding hydrogens is 306 g/mol. The molecule has 24 heavy (non-hydrogen) atoms. The van der Waals surface area contributed by atoms with Gasteiger partial charge in [-0.3, -0.25) is 4.79 Å². The van der Waals surface area contributed by atoms with Gasteiger partial charge in [0, 0.05) is 5.69 Å². The smallest absolute Gasteiger partial charge is 0.273 e. The summed E-state index contributed by atoms with van der Waals surface area (Å²) in [5.74, 6) is 0.896. The molecule has 126 valence electrons. The maximum absolute atomic E-state index is 12.0. The number of hydrogen-bond acceptors (Lipinski definition) is 5. The van der Waals surface area contributed by atoms with Crippen LogP contribution in [0.1, 0.15) is 29.8 Å². The van der Waals surface area contributed by atoms with E-state index in [1.54, 1.807) is 43.5 Å². The number of benzene rings is 2. The minimum absolute atomic E-state index is 0.0500. The van der Waals surface area contributed by atoms with E-state index in [1.807, 2.05) is 19.9 Å². The molecule has 2 aromatic carbocycles. The summed E-state index contributed by atoms with van der Waals surface area (Å²) in [5.41, 5.74) is 9.76. The van der Waals surface area contributed by atoms with Crippen molar-refractivity contribution >= 4 is 17.8 Å². The molecule has 0 saturated carbocycles. The van der Waals surface area contributed by atoms with Crippen molar-refractivity contribution in [2.45, 2.75) is 20.0 Å². The second kappa shape index (κ2) is 8.01. The highest BCUT2D eigenvalue weighted by Gasteiger charge is 2.08. The van der Waals surface area contributed by atoms with Crippen LogP contribution in [-0.2, 0) is 0 Å². The van der Waals surface area contributed by atoms with Crippen molar-refractivity contribution in [3.8, 4) is 11.5 Å². The van der Waals surface area contributed by atoms with Gasteiger partial charge in [-0.05, 0) is 49.7 Å². The number of amides is 1. The summed E-state index contributed by atoms with van der Waals surface area (Å²) in [4.78, 5) is 12.0. The van der Waals surface area contributed by atoms with E-state index >= 15 is 0 Å². The van der Waals surface area contributed by atoms with Gasteiger partial charge < -0.3 is 15.2 Å². The van der Waals surface area contributed by atoms with Crippen LogP contribution < -0.4 is 20.6 Å². The van der Waals surface area contributed by atoms with Crippen molar-refractivity contribution in [2.24, 2.45) is 5.10 Å². The minimum atomic E-state index is -0.365. The predicted octanol–water partition coefficient (Wildman–Crippen LogP) is 2.83. The van der Waals surface area contributed by atoms with Crippen LogP contribution >= 0.6 is 0 Å². The number of carbonyl (C=O) groups excluding carboxylic acids is 1. The topological polar surface area (TPSA) is 85.9 Å². The summed E-state index contributed by atoms with van der Waals surface area (Å²) >= 11 is 0. The number of nitrogen functional groups attached to an aromatic ring is 1. The van der Waals surface area contributed by atoms with E-state index in [0.29, 0.717) is 22.7 Å². The molecule has 0 spiro atoms. The van der Waals surface area contributed by atoms with Gasteiger partial charge in [-0.2, -0.15) is 5.10 Å². The fourth-order valence-electron chi connectivity index (χ4n) is 2.05. The fourth-order valence-corrected chi connectivity index (χ4v) is 2.05. The minimum Gasteiger partial charge on any atom is -0.493 e. The third-order valence-corrected chi connectivity index (χ3v) is 3.14. The average Bonchev–Trinajstić information content (AvgIpc) is 2.56. The van der Waals surface area contributed by atoms with Crippen molar-refractivity contribution in [2.75, 3.05) is 12.8 Å². The molecule has 1 amide bonds. The van der Waals surface area contributed by atoms with Crippen LogP contribution in [0.3, 0.4) is 0 Å². The van der Waals surface area contributed by atoms with Gasteiger partial charge >= 0.3 is 0 Å². The molecule has 0 aliphatic rings. The summed E-state index contributed by atoms with van der Waals surface area (Å²) < 4.78 is 11.0. The molecule has 6 nitrogen and oxygen atoms in total. The predicted molar refractivity (Wildman–Crippen MR) is 94.7 cm³/mol. The van der Waals surface area contributed by atoms with Gasteiger partial charge in [0.1, 0.15) is 0 Å². The Balaban J connectivity index is 2.06. The average molecular weight is 327 g/mol. The van der Waals surface area contributed by atoms with Gasteiger partial charge in [0.15, 0.2) is 11.5 Å². The second-order valence-electron chi connectivity index (χ2n) is 5.36. The summed E-state index contributed by atoms with van der Waals surface area (Å²) in [7, 11) is 1.57. The molecule has 6 heteroatoms. The lowest BCUT2D eigenvalue weighted by Gasteiger charge is -2.13. The Hall–Kier alpha value is -3.02. The van der Waals surface area contributed by atoms with Crippen molar-refractivity contribution < 1.29 is 14.3 Å². The van der Waals surface area contributed by atoms with Crippen molar-refractivity contribution in [3.05, 3.63) is 53.6 Å². The molecule has 0 heterocycles. The molecule has 0 aliphatic heterocycles. The molecule has 0 radical (unpaired) electrons. The largest absolute Gasteiger partial charge is 0.493 e. The summed E-state index contributed by atoms with van der Waals surface area (Å²) in [5, 5.41) is 3.95. The van der Waals surface area contributed by atoms with E-state index in [0.717, 1.165) is 5.56 Å². The molecule has 0 bridgehead atoms. The number of nitrogens with zero attached hydrogens (tertiary/aromatic N) is 1. The van der Waals surface area contributed by atoms with Gasteiger partial charge in [-0.1, -0.05) is 12.1 Å². The van der Waals surface area contributed by atoms with Crippen LogP contribution in [-0.4, -0.2) is 25.3 Å². The Kier molecular flexibility index (Phi) is 5.78. The molecule has 0 saturated heterocycles. The standard InChI is InChI=1S/C18H21N3O3/c1-12(2)24-16-9-8-13(10-17(16)23-3)11-20-21-18(22)14-6-4-5-7-15(14)19/h4-12H,19H2,1-3H3,(H,21,22)/b20-11+. The SMILES string of the molecule is COc1cc(/C=N/NC(=O)c2ccccc2N)ccc1OC(C)C. The monoisotopic (exact) mass is 327 g/mol. The Bertz CT molecular complexity index is 742. The van der Waals surface area contributed by atoms with E-state index < -0.39 is 0 Å². The molecule has 0 fully saturated rings. The molecule has 0 atom stereocenters. The Morgan fingerprint density at radius 2 is 1.96 bits per heavy atom. The van der Waals surface area contributed by atoms with Crippen LogP contribution in [0.5, 0.6) is 11.5 Å². The molecule has 2 rings (SSSR count). The number of carbonyl (C=O) groups is 1. The van der Waals surface area contributed by atoms with Gasteiger partial charge in [-0.25, -0.2) is 5.43 Å². The lowest BCUT2D eigenvalue weighted by atomic mass is 10.2. The van der Waals surface area contributed by atoms with Crippen LogP contribution in [0.15, 0.2) is 47.6 Å². The lowest BCUT2D eigenvalue weighted by Crippen LogP contribution is -2.19. The Labute approximate surface area is 141 Å². The normalized spacial score (nSPS) is 10.8. The maximum Gasteiger partial charge on any atom is 0.273 e. The number of methoxy groups -OCH3 is 1. The first-order valence-corrected chi connectivity index (χ1v) is 7.54. The van der Waals surface area contributed by atoms with E-state index in [2.05, 4.69) is 10.5 Å². The summed E-state index contributed by atoms with van der Waals surface area (Å²) in [6, 6.07) is 12.2. The van der Waals surface area contributed by atoms with Gasteiger partial charge in [0.25, 0.3) is 5.91 Å². The van der Waals surface area contributed by atoms with E-state index in [1.165, 1.54) is 6.21 Å². The Morgan fingerprint density at radius 3 is 2.62 bits per heavy atom. The fraction of sp³-hybridized carbons (Fsp3) is 0.222. The molecule has 3 N–H and O–H groups in total. The number of rotatable bonds is 6. The van der Waals surface area contributed by atoms with Crippen molar-refractivity contribution in [3.63, 3.8) is 0 Å². The quantitative estimate of drug-likeness (QED) is 0.485. The summed E-state index contributed by atoms with van der Waals surface area (Å²) in [6.07, 6.45) is 1.58. The van der Waals surface area contributed by atoms with Crippen molar-refractivity contribution in [1.82, 2.24) is 5.43 Å². The first kappa shape index (κ1) is 17.3. The second-order valence-corrected chi connectivity index (χ2v) is 5.36. The van der Waals surface area contributed by atoms with E-state index in [-0.39, 0.29) is 12.0 Å². The summed E-state index contributed by atoms with van der Waals surface area (Å²) in [6.45, 7) is 3.89. The first-order chi connectivity index (χ1) is 11.5. The zero-order chi connectivity index (χ0) is 17.5. The van der Waals surface area contributed by atoms with Gasteiger partial charge in [0.2, 0.25) is 0 Å². The number of nitrogens with two attached hydrogens (primary N) is 1. The van der Waals surface area contributed by atoms with Crippen molar-refractivity contribution in [1.29, 1.82) is 0 Å². The van der Waals surface area contributed by atoms with Crippen LogP contribution in [0.25, 0.3) is 0 Å². The number of hydrogen-bond donors (Lipinski definition) is 2. The van der Waals surface area contributed by atoms with Crippen LogP contribution in [0.2, 0.25) is 0 Å².